The van der Waals surface area contributed by atoms with E-state index in [4.69, 9.17) is 68.3 Å². The van der Waals surface area contributed by atoms with Gasteiger partial charge in [-0.2, -0.15) is 0 Å². The van der Waals surface area contributed by atoms with Crippen molar-refractivity contribution < 1.29 is 128 Å². The molecule has 30 heteroatoms. The number of aromatic nitrogens is 6. The van der Waals surface area contributed by atoms with Gasteiger partial charge in [-0.05, 0) is 189 Å². The molecule has 3 saturated carbocycles. The van der Waals surface area contributed by atoms with E-state index in [0.717, 1.165) is 182 Å². The first-order valence-corrected chi connectivity index (χ1v) is 44.6. The molecule has 123 heavy (non-hydrogen) atoms. The number of nitrogens with zero attached hydrogens (tertiary/aromatic N) is 8. The number of carbonyl (C=O) groups excluding carboxylic acids is 2. The third-order valence-corrected chi connectivity index (χ3v) is 28.4. The van der Waals surface area contributed by atoms with E-state index >= 15 is 0 Å². The number of piperidine rings is 3. The summed E-state index contributed by atoms with van der Waals surface area (Å²) in [5.74, 6) is 4.41. The standard InChI is InChI=1S/C31H33N3O5S.C30H31N3O5S.C21H26N2O2.C10H8ClNO3S.CH4.K.H2O/c1-17-6-4-5-7-23(17)27-24(29(39-33-27)18-8-9-18)16-38-22-14-20-10-11-21(15-22)34(20)31-32-28-25(36-2)12-19(30(35)37-3)13-26(28)40-31;1-16-5-3-4-6-22(16)26-23(28(38-32-26)17-7-8-17)15-37-21-13-19-9-10-20(14-21)33(19)30-31-27-24(36-2)11-18(29(34)35)12-25(27)39-30;1-13-4-2-3-5-18(13)20-19(21(25-23-20)14-6-7-14)12-24-17-10-15-8-9-16(11-17)22-15;1-14-6-3-5(9(13)15-2)4-7-8(6)12-10(11)16-7;;;/h4-7,12-13,18,20-22H,8-11,14-16H2,1-3H3;3-6,11-12,17,19-21H,7-10,13-15H2,1-2H3,(H,34,35);2-5,14-17,22H,6-12H2,1H3;3-4H,1-2H3;1H4;;1H2/q;;;;;+1;/p-1/t20-,21?,22?;19-,20?,21?;15-,16?,17?;;;;/m000..../s1. The van der Waals surface area contributed by atoms with Crippen molar-refractivity contribution in [3.8, 4) is 51.0 Å². The first-order chi connectivity index (χ1) is 58.5. The molecule has 25 nitrogen and oxygen atoms in total. The molecule has 6 aromatic heterocycles. The molecule has 9 aliphatic rings. The van der Waals surface area contributed by atoms with Crippen molar-refractivity contribution in [3.05, 3.63) is 181 Å². The predicted octanol–water partition coefficient (Wildman–Crippen LogP) is 17.7. The maximum atomic E-state index is 12.2. The van der Waals surface area contributed by atoms with Gasteiger partial charge in [0.15, 0.2) is 14.7 Å². The molecule has 642 valence electrons. The summed E-state index contributed by atoms with van der Waals surface area (Å²) in [5, 5.41) is 28.6. The first kappa shape index (κ1) is 89.6. The molecule has 0 amide bonds. The van der Waals surface area contributed by atoms with Gasteiger partial charge >= 0.3 is 69.3 Å². The number of aryl methyl sites for hydroxylation is 3. The van der Waals surface area contributed by atoms with Gasteiger partial charge in [0.2, 0.25) is 0 Å². The Bertz CT molecular complexity index is 5760. The van der Waals surface area contributed by atoms with Gasteiger partial charge in [-0.3, -0.25) is 0 Å². The van der Waals surface area contributed by atoms with E-state index in [9.17, 15) is 19.5 Å². The topological polar surface area (TPSA) is 311 Å². The van der Waals surface area contributed by atoms with E-state index < -0.39 is 11.9 Å². The molecule has 0 spiro atoms. The number of carbonyl (C=O) groups is 3. The Kier molecular flexibility index (Phi) is 28.3. The number of fused-ring (bicyclic) bond motifs is 9. The van der Waals surface area contributed by atoms with Gasteiger partial charge in [0.25, 0.3) is 0 Å². The maximum absolute atomic E-state index is 12.2. The summed E-state index contributed by atoms with van der Waals surface area (Å²) >= 11 is 10.3. The number of rotatable bonds is 23. The van der Waals surface area contributed by atoms with Gasteiger partial charge in [-0.15, -0.1) is 11.3 Å². The van der Waals surface area contributed by atoms with Crippen molar-refractivity contribution in [3.63, 3.8) is 0 Å². The van der Waals surface area contributed by atoms with E-state index in [2.05, 4.69) is 122 Å². The zero-order valence-corrected chi connectivity index (χ0v) is 76.3. The monoisotopic (exact) mass is 1770 g/mol. The molecule has 9 atom stereocenters. The number of carboxylic acid groups (broad SMARTS) is 1. The quantitative estimate of drug-likeness (QED) is 0.0444. The van der Waals surface area contributed by atoms with Gasteiger partial charge in [0.05, 0.1) is 104 Å². The minimum absolute atomic E-state index is 0. The number of carboxylic acids is 1. The van der Waals surface area contributed by atoms with Crippen LogP contribution >= 0.6 is 45.6 Å². The van der Waals surface area contributed by atoms with E-state index in [0.29, 0.717) is 118 Å². The van der Waals surface area contributed by atoms with Crippen LogP contribution in [-0.2, 0) is 43.5 Å². The molecule has 9 fully saturated rings. The average molecular weight is 1770 g/mol. The van der Waals surface area contributed by atoms with Crippen LogP contribution in [0.15, 0.2) is 123 Å². The molecule has 12 heterocycles. The molecular formula is C93H103ClKN9O16S3. The molecule has 0 radical (unpaired) electrons. The van der Waals surface area contributed by atoms with Crippen molar-refractivity contribution >= 4 is 104 Å². The molecule has 6 bridgehead atoms. The second kappa shape index (κ2) is 38.9. The van der Waals surface area contributed by atoms with E-state index in [1.165, 1.54) is 86.2 Å². The van der Waals surface area contributed by atoms with Crippen LogP contribution < -0.4 is 80.7 Å². The van der Waals surface area contributed by atoms with Crippen LogP contribution in [0.25, 0.3) is 64.4 Å². The van der Waals surface area contributed by atoms with Crippen LogP contribution in [0.4, 0.5) is 10.3 Å². The summed E-state index contributed by atoms with van der Waals surface area (Å²) in [5.41, 5.74) is 16.5. The fraction of sp³-hybridized carbons (Fsp3) is 0.452. The molecule has 3 N–H and O–H groups in total. The van der Waals surface area contributed by atoms with Crippen LogP contribution in [0.5, 0.6) is 17.2 Å². The van der Waals surface area contributed by atoms with Crippen LogP contribution in [0.2, 0.25) is 4.47 Å². The number of benzene rings is 6. The van der Waals surface area contributed by atoms with Crippen molar-refractivity contribution in [2.75, 3.05) is 45.3 Å². The van der Waals surface area contributed by atoms with Gasteiger partial charge in [-0.1, -0.05) is 130 Å². The number of hydrogen-bond acceptors (Lipinski definition) is 27. The molecule has 12 aromatic rings. The Hall–Kier alpha value is -8.24. The number of ether oxygens (including phenoxy) is 8. The van der Waals surface area contributed by atoms with E-state index in [-0.39, 0.29) is 88.0 Å². The smallest absolute Gasteiger partial charge is 0.870 e. The van der Waals surface area contributed by atoms with Gasteiger partial charge in [-0.25, -0.2) is 29.3 Å². The van der Waals surface area contributed by atoms with E-state index in [1.807, 2.05) is 18.2 Å². The number of thiazole rings is 3. The molecule has 6 saturated heterocycles. The number of aromatic carboxylic acids is 1. The molecule has 21 rings (SSSR count). The van der Waals surface area contributed by atoms with Crippen molar-refractivity contribution in [2.45, 2.75) is 236 Å². The van der Waals surface area contributed by atoms with Crippen LogP contribution in [-0.4, -0.2) is 149 Å². The molecule has 6 aliphatic heterocycles. The largest absolute Gasteiger partial charge is 1.00 e. The fourth-order valence-electron chi connectivity index (χ4n) is 18.7. The summed E-state index contributed by atoms with van der Waals surface area (Å²) < 4.78 is 66.0. The number of nitrogens with one attached hydrogen (secondary N) is 1. The predicted molar refractivity (Wildman–Crippen MR) is 470 cm³/mol. The fourth-order valence-corrected chi connectivity index (χ4v) is 22.1. The first-order valence-electron chi connectivity index (χ1n) is 41.8. The number of methoxy groups -OCH3 is 5. The molecule has 6 unspecified atom stereocenters. The number of halogens is 1. The number of hydrogen-bond donors (Lipinski definition) is 2. The number of esters is 2. The van der Waals surface area contributed by atoms with Gasteiger partial charge in [0, 0.05) is 87.4 Å². The Morgan fingerprint density at radius 1 is 0.455 bits per heavy atom. The van der Waals surface area contributed by atoms with Crippen molar-refractivity contribution in [1.82, 2.24) is 35.7 Å². The van der Waals surface area contributed by atoms with Crippen LogP contribution in [0, 0.1) is 20.8 Å². The summed E-state index contributed by atoms with van der Waals surface area (Å²) in [6.45, 7) is 8.03. The van der Waals surface area contributed by atoms with E-state index in [1.54, 1.807) is 67.2 Å². The second-order valence-electron chi connectivity index (χ2n) is 33.1. The van der Waals surface area contributed by atoms with Crippen LogP contribution in [0.3, 0.4) is 0 Å². The Morgan fingerprint density at radius 3 is 1.11 bits per heavy atom. The zero-order valence-electron chi connectivity index (χ0n) is 70.0. The second-order valence-corrected chi connectivity index (χ2v) is 36.8. The number of anilines is 2. The third-order valence-electron chi connectivity index (χ3n) is 25.2. The van der Waals surface area contributed by atoms with Gasteiger partial charge < -0.3 is 77.2 Å². The Morgan fingerprint density at radius 2 is 0.780 bits per heavy atom. The van der Waals surface area contributed by atoms with Crippen molar-refractivity contribution in [2.24, 2.45) is 0 Å². The van der Waals surface area contributed by atoms with Crippen LogP contribution in [0.1, 0.15) is 222 Å². The maximum Gasteiger partial charge on any atom is 1.00 e. The molecular weight excluding hydrogens is 1670 g/mol. The summed E-state index contributed by atoms with van der Waals surface area (Å²) in [6, 6.07) is 37.9. The molecule has 6 aromatic carbocycles. The minimum atomic E-state index is -0.966. The van der Waals surface area contributed by atoms with Gasteiger partial charge in [0.1, 0.15) is 68.2 Å². The average Bonchev–Trinajstić information content (AvgIpc) is 1.61. The zero-order chi connectivity index (χ0) is 82.6. The summed E-state index contributed by atoms with van der Waals surface area (Å²) in [6.07, 6.45) is 20.9. The normalized spacial score (nSPS) is 21.5. The Labute approximate surface area is 774 Å². The summed E-state index contributed by atoms with van der Waals surface area (Å²) in [7, 11) is 7.40. The summed E-state index contributed by atoms with van der Waals surface area (Å²) in [4.78, 5) is 54.1. The van der Waals surface area contributed by atoms with Crippen molar-refractivity contribution in [1.29, 1.82) is 0 Å². The Balaban J connectivity index is 0.000000132. The SMILES string of the molecule is C.COC(=O)c1cc(OC)c2nc(Cl)sc2c1.COC(=O)c1cc(OC)c2nc(N3C4CC[C@H]3CC(OCc3c(-c5ccccc5C)noc3C3CC3)C4)sc2c1.COc1cc(C(=O)O)cc2sc(N3C4CC[C@H]3CC(OCc3c(-c5ccccc5C)noc3C3CC3)C4)nc12.Cc1ccccc1-c1noc(C2CC2)c1COC1CC2CC[C@@H](C1)N2.[K+].[OH-]. The minimum Gasteiger partial charge on any atom is -0.870 e. The molecule has 3 aliphatic carbocycles. The third kappa shape index (κ3) is 19.1.